The topological polar surface area (TPSA) is 57.2 Å². The highest BCUT2D eigenvalue weighted by Gasteiger charge is 1.99. The molecule has 1 aromatic rings. The lowest BCUT2D eigenvalue weighted by Crippen LogP contribution is -2.19. The van der Waals surface area contributed by atoms with Crippen molar-refractivity contribution in [2.24, 2.45) is 0 Å². The van der Waals surface area contributed by atoms with Crippen LogP contribution in [0.15, 0.2) is 36.4 Å². The van der Waals surface area contributed by atoms with Gasteiger partial charge in [-0.15, -0.1) is 0 Å². The summed E-state index contributed by atoms with van der Waals surface area (Å²) in [6, 6.07) is 6.88. The highest BCUT2D eigenvalue weighted by atomic mass is 16.4. The first-order valence-corrected chi connectivity index (χ1v) is 4.09. The number of hydrogen-bond acceptors (Lipinski definition) is 3. The molecule has 1 aromatic carbocycles. The van der Waals surface area contributed by atoms with Gasteiger partial charge in [-0.05, 0) is 19.1 Å². The van der Waals surface area contributed by atoms with Gasteiger partial charge < -0.3 is 9.90 Å². The lowest BCUT2D eigenvalue weighted by Gasteiger charge is -1.96. The molecule has 0 aliphatic carbocycles. The van der Waals surface area contributed by atoms with Gasteiger partial charge >= 0.3 is 0 Å². The Kier molecular flexibility index (Phi) is 3.18. The number of benzene rings is 1. The van der Waals surface area contributed by atoms with Crippen LogP contribution in [0.1, 0.15) is 15.9 Å². The van der Waals surface area contributed by atoms with Gasteiger partial charge in [0.1, 0.15) is 0 Å². The second-order valence-electron chi connectivity index (χ2n) is 2.88. The number of carboxylic acids is 1. The van der Waals surface area contributed by atoms with E-state index in [-0.39, 0.29) is 5.78 Å². The molecule has 0 aromatic heterocycles. The Labute approximate surface area is 81.7 Å². The van der Waals surface area contributed by atoms with Crippen LogP contribution >= 0.6 is 0 Å². The van der Waals surface area contributed by atoms with Crippen LogP contribution in [-0.4, -0.2) is 11.8 Å². The van der Waals surface area contributed by atoms with Gasteiger partial charge in [0, 0.05) is 5.56 Å². The molecule has 0 unspecified atom stereocenters. The van der Waals surface area contributed by atoms with E-state index in [1.165, 1.54) is 0 Å². The van der Waals surface area contributed by atoms with Gasteiger partial charge in [0.15, 0.2) is 5.78 Å². The first kappa shape index (κ1) is 10.2. The number of carboxylic acid groups (broad SMARTS) is 1. The number of allylic oxidation sites excluding steroid dienone is 1. The van der Waals surface area contributed by atoms with E-state index in [0.29, 0.717) is 5.56 Å². The Hall–Kier alpha value is -1.90. The van der Waals surface area contributed by atoms with Crippen LogP contribution in [0.2, 0.25) is 0 Å². The summed E-state index contributed by atoms with van der Waals surface area (Å²) in [4.78, 5) is 21.3. The quantitative estimate of drug-likeness (QED) is 0.513. The minimum absolute atomic E-state index is 0.339. The Morgan fingerprint density at radius 3 is 2.21 bits per heavy atom. The summed E-state index contributed by atoms with van der Waals surface area (Å²) in [5.41, 5.74) is 1.51. The third-order valence-corrected chi connectivity index (χ3v) is 1.71. The summed E-state index contributed by atoms with van der Waals surface area (Å²) >= 11 is 0. The highest BCUT2D eigenvalue weighted by Crippen LogP contribution is 2.04. The fraction of sp³-hybridized carbons (Fsp3) is 0.0909. The van der Waals surface area contributed by atoms with Gasteiger partial charge in [0.25, 0.3) is 0 Å². The highest BCUT2D eigenvalue weighted by molar-refractivity contribution is 6.06. The predicted molar refractivity (Wildman–Crippen MR) is 49.7 cm³/mol. The van der Waals surface area contributed by atoms with Crippen molar-refractivity contribution in [2.75, 3.05) is 0 Å². The molecule has 0 spiro atoms. The summed E-state index contributed by atoms with van der Waals surface area (Å²) in [6.45, 7) is 1.91. The van der Waals surface area contributed by atoms with Crippen molar-refractivity contribution in [1.29, 1.82) is 0 Å². The zero-order chi connectivity index (χ0) is 10.6. The molecule has 72 valence electrons. The summed E-state index contributed by atoms with van der Waals surface area (Å²) in [6.07, 6.45) is 1.71. The van der Waals surface area contributed by atoms with Gasteiger partial charge in [-0.1, -0.05) is 29.8 Å². The van der Waals surface area contributed by atoms with Crippen molar-refractivity contribution < 1.29 is 14.7 Å². The van der Waals surface area contributed by atoms with Crippen molar-refractivity contribution in [3.8, 4) is 0 Å². The molecule has 0 N–H and O–H groups in total. The molecular weight excluding hydrogens is 180 g/mol. The predicted octanol–water partition coefficient (Wildman–Crippen LogP) is 0.484. The van der Waals surface area contributed by atoms with Crippen molar-refractivity contribution in [1.82, 2.24) is 0 Å². The SMILES string of the molecule is Cc1ccc(C(=O)/C=C/C(=O)[O-])cc1. The lowest BCUT2D eigenvalue weighted by atomic mass is 10.1. The van der Waals surface area contributed by atoms with Crippen molar-refractivity contribution in [3.63, 3.8) is 0 Å². The summed E-state index contributed by atoms with van der Waals surface area (Å²) in [7, 11) is 0. The zero-order valence-corrected chi connectivity index (χ0v) is 7.69. The maximum absolute atomic E-state index is 11.3. The van der Waals surface area contributed by atoms with Crippen LogP contribution in [-0.2, 0) is 4.79 Å². The first-order chi connectivity index (χ1) is 6.59. The lowest BCUT2D eigenvalue weighted by molar-refractivity contribution is -0.297. The van der Waals surface area contributed by atoms with Crippen molar-refractivity contribution in [3.05, 3.63) is 47.5 Å². The van der Waals surface area contributed by atoms with Crippen LogP contribution in [0.3, 0.4) is 0 Å². The Morgan fingerprint density at radius 1 is 1.14 bits per heavy atom. The monoisotopic (exact) mass is 189 g/mol. The largest absolute Gasteiger partial charge is 0.545 e. The number of carbonyl (C=O) groups is 2. The van der Waals surface area contributed by atoms with Gasteiger partial charge in [0.2, 0.25) is 0 Å². The van der Waals surface area contributed by atoms with Gasteiger partial charge in [0.05, 0.1) is 5.97 Å². The standard InChI is InChI=1S/C11H10O3/c1-8-2-4-9(5-3-8)10(12)6-7-11(13)14/h2-7H,1H3,(H,13,14)/p-1/b7-6+. The molecule has 0 aliphatic heterocycles. The smallest absolute Gasteiger partial charge is 0.185 e. The third kappa shape index (κ3) is 2.86. The summed E-state index contributed by atoms with van der Waals surface area (Å²) < 4.78 is 0. The second-order valence-corrected chi connectivity index (χ2v) is 2.88. The molecule has 0 atom stereocenters. The van der Waals surface area contributed by atoms with E-state index in [4.69, 9.17) is 0 Å². The van der Waals surface area contributed by atoms with E-state index >= 15 is 0 Å². The fourth-order valence-electron chi connectivity index (χ4n) is 0.958. The molecule has 0 fully saturated rings. The average molecular weight is 189 g/mol. The van der Waals surface area contributed by atoms with Gasteiger partial charge in [-0.3, -0.25) is 4.79 Å². The van der Waals surface area contributed by atoms with E-state index in [9.17, 15) is 14.7 Å². The summed E-state index contributed by atoms with van der Waals surface area (Å²) in [5, 5.41) is 10.0. The third-order valence-electron chi connectivity index (χ3n) is 1.71. The normalized spacial score (nSPS) is 10.4. The van der Waals surface area contributed by atoms with Gasteiger partial charge in [-0.25, -0.2) is 0 Å². The van der Waals surface area contributed by atoms with Crippen LogP contribution in [0.4, 0.5) is 0 Å². The molecule has 0 heterocycles. The molecule has 3 heteroatoms. The molecule has 0 amide bonds. The molecule has 0 radical (unpaired) electrons. The maximum atomic E-state index is 11.3. The Balaban J connectivity index is 2.80. The number of rotatable bonds is 3. The number of aryl methyl sites for hydroxylation is 1. The minimum atomic E-state index is -1.37. The molecule has 14 heavy (non-hydrogen) atoms. The molecular formula is C11H9O3-. The molecule has 3 nitrogen and oxygen atoms in total. The van der Waals surface area contributed by atoms with Crippen LogP contribution in [0, 0.1) is 6.92 Å². The van der Waals surface area contributed by atoms with E-state index < -0.39 is 5.97 Å². The Morgan fingerprint density at radius 2 is 1.71 bits per heavy atom. The zero-order valence-electron chi connectivity index (χ0n) is 7.69. The molecule has 0 aliphatic rings. The van der Waals surface area contributed by atoms with Crippen LogP contribution in [0.5, 0.6) is 0 Å². The second kappa shape index (κ2) is 4.37. The number of hydrogen-bond donors (Lipinski definition) is 0. The van der Waals surface area contributed by atoms with E-state index in [1.807, 2.05) is 6.92 Å². The molecule has 0 saturated carbocycles. The molecule has 1 rings (SSSR count). The Bertz CT molecular complexity index is 374. The fourth-order valence-corrected chi connectivity index (χ4v) is 0.958. The van der Waals surface area contributed by atoms with E-state index in [1.54, 1.807) is 24.3 Å². The summed E-state index contributed by atoms with van der Waals surface area (Å²) in [5.74, 6) is -1.71. The van der Waals surface area contributed by atoms with Crippen LogP contribution < -0.4 is 5.11 Å². The minimum Gasteiger partial charge on any atom is -0.545 e. The maximum Gasteiger partial charge on any atom is 0.185 e. The van der Waals surface area contributed by atoms with E-state index in [0.717, 1.165) is 17.7 Å². The number of carbonyl (C=O) groups excluding carboxylic acids is 2. The van der Waals surface area contributed by atoms with E-state index in [2.05, 4.69) is 0 Å². The molecule has 0 bridgehead atoms. The first-order valence-electron chi connectivity index (χ1n) is 4.09. The van der Waals surface area contributed by atoms with Crippen molar-refractivity contribution >= 4 is 11.8 Å². The van der Waals surface area contributed by atoms with Gasteiger partial charge in [-0.2, -0.15) is 0 Å². The molecule has 0 saturated heterocycles. The number of ketones is 1. The number of aliphatic carboxylic acids is 1. The van der Waals surface area contributed by atoms with Crippen molar-refractivity contribution in [2.45, 2.75) is 6.92 Å². The van der Waals surface area contributed by atoms with Crippen LogP contribution in [0.25, 0.3) is 0 Å². The average Bonchev–Trinajstić information content (AvgIpc) is 2.15.